The molecule has 142 valence electrons. The Morgan fingerprint density at radius 3 is 2.41 bits per heavy atom. The number of anilines is 1. The van der Waals surface area contributed by atoms with Gasteiger partial charge in [0.2, 0.25) is 5.91 Å². The molecule has 1 amide bonds. The second-order valence-electron chi connectivity index (χ2n) is 7.04. The SMILES string of the molecule is O=C(CN1CCN(Cc2ccc(Cl)cc2)CC1)N1CCSc2ccccc21. The molecule has 0 atom stereocenters. The smallest absolute Gasteiger partial charge is 0.241 e. The van der Waals surface area contributed by atoms with E-state index in [0.29, 0.717) is 6.54 Å². The van der Waals surface area contributed by atoms with Crippen LogP contribution in [0.15, 0.2) is 53.4 Å². The van der Waals surface area contributed by atoms with E-state index in [1.807, 2.05) is 40.9 Å². The van der Waals surface area contributed by atoms with Crippen LogP contribution in [0.25, 0.3) is 0 Å². The molecule has 2 aliphatic heterocycles. The standard InChI is InChI=1S/C21H24ClN3OS/c22-18-7-5-17(6-8-18)15-23-9-11-24(12-10-23)16-21(26)25-13-14-27-20-4-2-1-3-19(20)25/h1-8H,9-16H2. The number of fused-ring (bicyclic) bond motifs is 1. The minimum atomic E-state index is 0.217. The summed E-state index contributed by atoms with van der Waals surface area (Å²) < 4.78 is 0. The molecule has 4 nitrogen and oxygen atoms in total. The Kier molecular flexibility index (Phi) is 6.03. The summed E-state index contributed by atoms with van der Waals surface area (Å²) in [6.45, 7) is 6.10. The van der Waals surface area contributed by atoms with Crippen LogP contribution in [-0.4, -0.2) is 60.7 Å². The van der Waals surface area contributed by atoms with Gasteiger partial charge in [-0.2, -0.15) is 0 Å². The first-order valence-corrected chi connectivity index (χ1v) is 10.8. The number of carbonyl (C=O) groups excluding carboxylic acids is 1. The maximum atomic E-state index is 12.9. The third-order valence-corrected chi connectivity index (χ3v) is 6.47. The van der Waals surface area contributed by atoms with Crippen LogP contribution in [0.1, 0.15) is 5.56 Å². The molecule has 2 heterocycles. The van der Waals surface area contributed by atoms with Crippen molar-refractivity contribution in [3.63, 3.8) is 0 Å². The minimum absolute atomic E-state index is 0.217. The van der Waals surface area contributed by atoms with Crippen LogP contribution in [0.5, 0.6) is 0 Å². The Balaban J connectivity index is 1.29. The molecule has 0 aromatic heterocycles. The van der Waals surface area contributed by atoms with Crippen LogP contribution in [0.2, 0.25) is 5.02 Å². The number of carbonyl (C=O) groups is 1. The number of halogens is 1. The van der Waals surface area contributed by atoms with Gasteiger partial charge in [-0.1, -0.05) is 35.9 Å². The van der Waals surface area contributed by atoms with E-state index in [1.54, 1.807) is 0 Å². The van der Waals surface area contributed by atoms with Crippen molar-refractivity contribution in [3.8, 4) is 0 Å². The summed E-state index contributed by atoms with van der Waals surface area (Å²) in [5.74, 6) is 1.19. The number of nitrogens with zero attached hydrogens (tertiary/aromatic N) is 3. The van der Waals surface area contributed by atoms with Crippen LogP contribution in [-0.2, 0) is 11.3 Å². The maximum Gasteiger partial charge on any atom is 0.241 e. The van der Waals surface area contributed by atoms with Crippen LogP contribution < -0.4 is 4.90 Å². The molecule has 1 fully saturated rings. The fraction of sp³-hybridized carbons (Fsp3) is 0.381. The van der Waals surface area contributed by atoms with Crippen molar-refractivity contribution >= 4 is 35.0 Å². The Morgan fingerprint density at radius 2 is 1.63 bits per heavy atom. The topological polar surface area (TPSA) is 26.8 Å². The lowest BCUT2D eigenvalue weighted by atomic mass is 10.2. The average Bonchev–Trinajstić information content (AvgIpc) is 2.71. The van der Waals surface area contributed by atoms with E-state index in [1.165, 1.54) is 10.5 Å². The summed E-state index contributed by atoms with van der Waals surface area (Å²) in [7, 11) is 0. The van der Waals surface area contributed by atoms with E-state index >= 15 is 0 Å². The largest absolute Gasteiger partial charge is 0.309 e. The highest BCUT2D eigenvalue weighted by atomic mass is 35.5. The highest BCUT2D eigenvalue weighted by Crippen LogP contribution is 2.34. The van der Waals surface area contributed by atoms with E-state index in [0.717, 1.165) is 55.7 Å². The van der Waals surface area contributed by atoms with E-state index in [4.69, 9.17) is 11.6 Å². The maximum absolute atomic E-state index is 12.9. The summed E-state index contributed by atoms with van der Waals surface area (Å²) in [5, 5.41) is 0.778. The van der Waals surface area contributed by atoms with Gasteiger partial charge in [0.25, 0.3) is 0 Å². The predicted octanol–water partition coefficient (Wildman–Crippen LogP) is 3.60. The summed E-state index contributed by atoms with van der Waals surface area (Å²) in [4.78, 5) is 20.8. The van der Waals surface area contributed by atoms with Crippen LogP contribution in [0.3, 0.4) is 0 Å². The van der Waals surface area contributed by atoms with Crippen molar-refractivity contribution in [2.75, 3.05) is 49.9 Å². The molecule has 0 saturated carbocycles. The third kappa shape index (κ3) is 4.66. The molecule has 0 bridgehead atoms. The lowest BCUT2D eigenvalue weighted by molar-refractivity contribution is -0.120. The van der Waals surface area contributed by atoms with Gasteiger partial charge in [-0.25, -0.2) is 0 Å². The Morgan fingerprint density at radius 1 is 0.926 bits per heavy atom. The highest BCUT2D eigenvalue weighted by molar-refractivity contribution is 7.99. The van der Waals surface area contributed by atoms with Gasteiger partial charge in [-0.05, 0) is 29.8 Å². The molecule has 1 saturated heterocycles. The first kappa shape index (κ1) is 18.8. The van der Waals surface area contributed by atoms with Crippen LogP contribution in [0.4, 0.5) is 5.69 Å². The number of piperazine rings is 1. The molecule has 0 N–H and O–H groups in total. The number of para-hydroxylation sites is 1. The van der Waals surface area contributed by atoms with Gasteiger partial charge in [0.15, 0.2) is 0 Å². The van der Waals surface area contributed by atoms with E-state index < -0.39 is 0 Å². The summed E-state index contributed by atoms with van der Waals surface area (Å²) in [5.41, 5.74) is 2.35. The first-order valence-electron chi connectivity index (χ1n) is 9.40. The Labute approximate surface area is 170 Å². The lowest BCUT2D eigenvalue weighted by Gasteiger charge is -2.36. The van der Waals surface area contributed by atoms with Gasteiger partial charge in [0, 0.05) is 54.9 Å². The summed E-state index contributed by atoms with van der Waals surface area (Å²) >= 11 is 7.80. The van der Waals surface area contributed by atoms with Crippen molar-refractivity contribution < 1.29 is 4.79 Å². The van der Waals surface area contributed by atoms with Crippen molar-refractivity contribution in [2.24, 2.45) is 0 Å². The zero-order chi connectivity index (χ0) is 18.6. The normalized spacial score (nSPS) is 18.3. The number of hydrogen-bond acceptors (Lipinski definition) is 4. The minimum Gasteiger partial charge on any atom is -0.309 e. The molecule has 6 heteroatoms. The van der Waals surface area contributed by atoms with Gasteiger partial charge in [0.05, 0.1) is 12.2 Å². The molecule has 27 heavy (non-hydrogen) atoms. The second kappa shape index (κ2) is 8.65. The molecule has 2 aromatic carbocycles. The van der Waals surface area contributed by atoms with Crippen LogP contribution >= 0.6 is 23.4 Å². The number of rotatable bonds is 4. The fourth-order valence-corrected chi connectivity index (χ4v) is 4.78. The molecular weight excluding hydrogens is 378 g/mol. The molecule has 0 unspecified atom stereocenters. The van der Waals surface area contributed by atoms with Gasteiger partial charge >= 0.3 is 0 Å². The quantitative estimate of drug-likeness (QED) is 0.782. The summed E-state index contributed by atoms with van der Waals surface area (Å²) in [6.07, 6.45) is 0. The van der Waals surface area contributed by atoms with E-state index in [2.05, 4.69) is 34.1 Å². The number of thioether (sulfide) groups is 1. The van der Waals surface area contributed by atoms with Crippen LogP contribution in [0, 0.1) is 0 Å². The first-order chi connectivity index (χ1) is 13.2. The lowest BCUT2D eigenvalue weighted by Crippen LogP contribution is -2.50. The predicted molar refractivity (Wildman–Crippen MR) is 113 cm³/mol. The third-order valence-electron chi connectivity index (χ3n) is 5.17. The monoisotopic (exact) mass is 401 g/mol. The molecular formula is C21H24ClN3OS. The van der Waals surface area contributed by atoms with Crippen molar-refractivity contribution in [2.45, 2.75) is 11.4 Å². The number of amides is 1. The van der Waals surface area contributed by atoms with Gasteiger partial charge in [0.1, 0.15) is 0 Å². The highest BCUT2D eigenvalue weighted by Gasteiger charge is 2.25. The molecule has 4 rings (SSSR count). The Hall–Kier alpha value is -1.53. The Bertz CT molecular complexity index is 790. The fourth-order valence-electron chi connectivity index (χ4n) is 3.66. The van der Waals surface area contributed by atoms with Crippen molar-refractivity contribution in [1.29, 1.82) is 0 Å². The average molecular weight is 402 g/mol. The molecule has 0 radical (unpaired) electrons. The second-order valence-corrected chi connectivity index (χ2v) is 8.61. The van der Waals surface area contributed by atoms with Gasteiger partial charge < -0.3 is 4.90 Å². The van der Waals surface area contributed by atoms with Crippen molar-refractivity contribution in [1.82, 2.24) is 9.80 Å². The number of hydrogen-bond donors (Lipinski definition) is 0. The van der Waals surface area contributed by atoms with Gasteiger partial charge in [-0.3, -0.25) is 14.6 Å². The molecule has 0 spiro atoms. The molecule has 0 aliphatic carbocycles. The van der Waals surface area contributed by atoms with E-state index in [-0.39, 0.29) is 5.91 Å². The van der Waals surface area contributed by atoms with Crippen molar-refractivity contribution in [3.05, 3.63) is 59.1 Å². The summed E-state index contributed by atoms with van der Waals surface area (Å²) in [6, 6.07) is 16.3. The molecule has 2 aromatic rings. The molecule has 2 aliphatic rings. The van der Waals surface area contributed by atoms with Gasteiger partial charge in [-0.15, -0.1) is 11.8 Å². The zero-order valence-electron chi connectivity index (χ0n) is 15.3. The van der Waals surface area contributed by atoms with E-state index in [9.17, 15) is 4.79 Å². The number of benzene rings is 2. The zero-order valence-corrected chi connectivity index (χ0v) is 16.9.